The first-order chi connectivity index (χ1) is 17.1. The van der Waals surface area contributed by atoms with Crippen LogP contribution in [-0.2, 0) is 26.1 Å². The molecule has 0 bridgehead atoms. The highest BCUT2D eigenvalue weighted by molar-refractivity contribution is 9.10. The lowest BCUT2D eigenvalue weighted by atomic mass is 9.94. The maximum atomic E-state index is 13.1. The lowest BCUT2D eigenvalue weighted by Gasteiger charge is -2.34. The van der Waals surface area contributed by atoms with Gasteiger partial charge in [0.1, 0.15) is 6.54 Å². The summed E-state index contributed by atoms with van der Waals surface area (Å²) in [6, 6.07) is 11.5. The Morgan fingerprint density at radius 1 is 1.11 bits per heavy atom. The molecule has 11 heteroatoms. The second kappa shape index (κ2) is 11.0. The van der Waals surface area contributed by atoms with Gasteiger partial charge in [0.2, 0.25) is 10.0 Å². The van der Waals surface area contributed by atoms with Crippen LogP contribution in [0.2, 0.25) is 0 Å². The molecule has 0 radical (unpaired) electrons. The molecule has 1 amide bonds. The van der Waals surface area contributed by atoms with Crippen LogP contribution in [0.1, 0.15) is 37.6 Å². The average molecular weight is 595 g/mol. The average Bonchev–Trinajstić information content (AvgIpc) is 3.14. The number of hydrogen-bond acceptors (Lipinski definition) is 6. The molecule has 1 saturated heterocycles. The van der Waals surface area contributed by atoms with Gasteiger partial charge in [-0.3, -0.25) is 9.59 Å². The molecule has 36 heavy (non-hydrogen) atoms. The zero-order chi connectivity index (χ0) is 26.0. The van der Waals surface area contributed by atoms with E-state index in [-0.39, 0.29) is 23.6 Å². The maximum Gasteiger partial charge on any atom is 0.326 e. The summed E-state index contributed by atoms with van der Waals surface area (Å²) < 4.78 is 36.3. The number of fused-ring (bicyclic) bond motifs is 1. The van der Waals surface area contributed by atoms with E-state index >= 15 is 0 Å². The molecule has 1 aromatic heterocycles. The molecule has 0 saturated carbocycles. The molecule has 192 valence electrons. The van der Waals surface area contributed by atoms with Gasteiger partial charge in [-0.05, 0) is 67.6 Å². The molecule has 1 aliphatic heterocycles. The number of piperidine rings is 1. The number of rotatable bonds is 6. The molecule has 3 aromatic rings. The van der Waals surface area contributed by atoms with Crippen molar-refractivity contribution in [3.8, 4) is 0 Å². The fraction of sp³-hybridized carbons (Fsp3) is 0.400. The second-order valence-corrected chi connectivity index (χ2v) is 13.0. The van der Waals surface area contributed by atoms with Crippen molar-refractivity contribution >= 4 is 59.4 Å². The first kappa shape index (κ1) is 26.7. The summed E-state index contributed by atoms with van der Waals surface area (Å²) in [6.45, 7) is 7.01. The van der Waals surface area contributed by atoms with Crippen molar-refractivity contribution in [3.05, 3.63) is 57.3 Å². The van der Waals surface area contributed by atoms with Crippen LogP contribution < -0.4 is 4.80 Å². The van der Waals surface area contributed by atoms with Gasteiger partial charge < -0.3 is 9.30 Å². The largest absolute Gasteiger partial charge is 0.465 e. The quantitative estimate of drug-likeness (QED) is 0.394. The van der Waals surface area contributed by atoms with E-state index in [1.807, 2.05) is 18.2 Å². The van der Waals surface area contributed by atoms with E-state index in [1.165, 1.54) is 39.9 Å². The number of carbonyl (C=O) groups is 2. The SMILES string of the molecule is CCOC(=O)Cn1c(=NC(=O)c2ccc(S(=O)(=O)N3CC(C)CC(C)C3)cc2)sc2cc(Br)ccc21. The molecule has 4 rings (SSSR count). The maximum absolute atomic E-state index is 13.1. The van der Waals surface area contributed by atoms with Crippen LogP contribution in [0.25, 0.3) is 10.2 Å². The molecular formula is C25H28BrN3O5S2. The van der Waals surface area contributed by atoms with E-state index in [0.29, 0.717) is 29.7 Å². The number of sulfonamides is 1. The minimum Gasteiger partial charge on any atom is -0.465 e. The molecule has 0 N–H and O–H groups in total. The molecule has 2 atom stereocenters. The van der Waals surface area contributed by atoms with Gasteiger partial charge in [0.05, 0.1) is 21.7 Å². The molecule has 0 spiro atoms. The predicted octanol–water partition coefficient (Wildman–Crippen LogP) is 4.44. The van der Waals surface area contributed by atoms with Gasteiger partial charge in [0, 0.05) is 23.1 Å². The number of hydrogen-bond donors (Lipinski definition) is 0. The molecule has 2 aromatic carbocycles. The van der Waals surface area contributed by atoms with Gasteiger partial charge in [0.25, 0.3) is 5.91 Å². The number of aromatic nitrogens is 1. The van der Waals surface area contributed by atoms with E-state index in [2.05, 4.69) is 34.8 Å². The van der Waals surface area contributed by atoms with Crippen LogP contribution in [0.5, 0.6) is 0 Å². The summed E-state index contributed by atoms with van der Waals surface area (Å²) in [4.78, 5) is 30.0. The van der Waals surface area contributed by atoms with Crippen LogP contribution in [0.3, 0.4) is 0 Å². The number of thiazole rings is 1. The number of benzene rings is 2. The van der Waals surface area contributed by atoms with E-state index in [4.69, 9.17) is 4.74 Å². The molecule has 1 fully saturated rings. The van der Waals surface area contributed by atoms with E-state index < -0.39 is 21.9 Å². The fourth-order valence-electron chi connectivity index (χ4n) is 4.49. The highest BCUT2D eigenvalue weighted by Crippen LogP contribution is 2.27. The zero-order valence-electron chi connectivity index (χ0n) is 20.3. The van der Waals surface area contributed by atoms with Crippen LogP contribution >= 0.6 is 27.3 Å². The Labute approximate surface area is 222 Å². The van der Waals surface area contributed by atoms with Crippen molar-refractivity contribution in [2.75, 3.05) is 19.7 Å². The fourth-order valence-corrected chi connectivity index (χ4v) is 7.75. The first-order valence-electron chi connectivity index (χ1n) is 11.7. The number of esters is 1. The van der Waals surface area contributed by atoms with Crippen LogP contribution in [-0.4, -0.2) is 48.9 Å². The van der Waals surface area contributed by atoms with Crippen molar-refractivity contribution in [2.45, 2.75) is 38.6 Å². The topological polar surface area (TPSA) is 98.0 Å². The Kier molecular flexibility index (Phi) is 8.13. The van der Waals surface area contributed by atoms with E-state index in [0.717, 1.165) is 21.1 Å². The highest BCUT2D eigenvalue weighted by atomic mass is 79.9. The number of carbonyl (C=O) groups excluding carboxylic acids is 2. The third-order valence-corrected chi connectivity index (χ3v) is 9.39. The highest BCUT2D eigenvalue weighted by Gasteiger charge is 2.31. The summed E-state index contributed by atoms with van der Waals surface area (Å²) in [7, 11) is -3.64. The lowest BCUT2D eigenvalue weighted by molar-refractivity contribution is -0.143. The number of nitrogens with zero attached hydrogens (tertiary/aromatic N) is 3. The molecular weight excluding hydrogens is 566 g/mol. The third kappa shape index (κ3) is 5.80. The van der Waals surface area contributed by atoms with Crippen molar-refractivity contribution in [3.63, 3.8) is 0 Å². The minimum atomic E-state index is -3.64. The standard InChI is InChI=1S/C25H28BrN3O5S2/c1-4-34-23(30)15-29-21-10-7-19(26)12-22(21)35-25(29)27-24(31)18-5-8-20(9-6-18)36(32,33)28-13-16(2)11-17(3)14-28/h5-10,12,16-17H,4,11,13-15H2,1-3H3. The Morgan fingerprint density at radius 2 is 1.78 bits per heavy atom. The monoisotopic (exact) mass is 593 g/mol. The van der Waals surface area contributed by atoms with E-state index in [9.17, 15) is 18.0 Å². The molecule has 2 heterocycles. The van der Waals surface area contributed by atoms with E-state index in [1.54, 1.807) is 11.5 Å². The van der Waals surface area contributed by atoms with Crippen LogP contribution in [0.4, 0.5) is 0 Å². The lowest BCUT2D eigenvalue weighted by Crippen LogP contribution is -2.42. The molecule has 8 nitrogen and oxygen atoms in total. The van der Waals surface area contributed by atoms with Gasteiger partial charge in [-0.2, -0.15) is 9.30 Å². The van der Waals surface area contributed by atoms with Gasteiger partial charge in [-0.25, -0.2) is 8.42 Å². The van der Waals surface area contributed by atoms with Crippen molar-refractivity contribution < 1.29 is 22.7 Å². The van der Waals surface area contributed by atoms with Gasteiger partial charge in [-0.15, -0.1) is 0 Å². The first-order valence-corrected chi connectivity index (χ1v) is 14.8. The summed E-state index contributed by atoms with van der Waals surface area (Å²) in [6.07, 6.45) is 1.01. The normalized spacial score (nSPS) is 19.5. The van der Waals surface area contributed by atoms with Gasteiger partial charge >= 0.3 is 5.97 Å². The third-order valence-electron chi connectivity index (χ3n) is 6.01. The van der Waals surface area contributed by atoms with Gasteiger partial charge in [-0.1, -0.05) is 41.1 Å². The summed E-state index contributed by atoms with van der Waals surface area (Å²) >= 11 is 4.73. The Morgan fingerprint density at radius 3 is 2.42 bits per heavy atom. The number of halogens is 1. The zero-order valence-corrected chi connectivity index (χ0v) is 23.5. The predicted molar refractivity (Wildman–Crippen MR) is 142 cm³/mol. The van der Waals surface area contributed by atoms with Crippen molar-refractivity contribution in [1.82, 2.24) is 8.87 Å². The van der Waals surface area contributed by atoms with Crippen LogP contribution in [0, 0.1) is 11.8 Å². The molecule has 1 aliphatic rings. The summed E-state index contributed by atoms with van der Waals surface area (Å²) in [5.74, 6) is -0.356. The molecule has 0 aliphatic carbocycles. The van der Waals surface area contributed by atoms with Gasteiger partial charge in [0.15, 0.2) is 4.80 Å². The molecule has 2 unspecified atom stereocenters. The summed E-state index contributed by atoms with van der Waals surface area (Å²) in [5, 5.41) is 0. The number of ether oxygens (including phenoxy) is 1. The minimum absolute atomic E-state index is 0.0779. The Bertz CT molecular complexity index is 1450. The van der Waals surface area contributed by atoms with Crippen molar-refractivity contribution in [2.24, 2.45) is 16.8 Å². The summed E-state index contributed by atoms with van der Waals surface area (Å²) in [5.41, 5.74) is 1.02. The smallest absolute Gasteiger partial charge is 0.326 e. The second-order valence-electron chi connectivity index (χ2n) is 9.10. The number of amides is 1. The van der Waals surface area contributed by atoms with Crippen molar-refractivity contribution in [1.29, 1.82) is 0 Å². The Balaban J connectivity index is 1.64. The Hall–Kier alpha value is -2.34. The van der Waals surface area contributed by atoms with Crippen LogP contribution in [0.15, 0.2) is 56.8 Å².